The van der Waals surface area contributed by atoms with E-state index in [4.69, 9.17) is 4.74 Å². The fourth-order valence-electron chi connectivity index (χ4n) is 5.37. The van der Waals surface area contributed by atoms with E-state index in [1.807, 2.05) is 55.5 Å². The number of anilines is 2. The summed E-state index contributed by atoms with van der Waals surface area (Å²) in [4.78, 5) is 35.4. The van der Waals surface area contributed by atoms with E-state index in [0.29, 0.717) is 22.9 Å². The summed E-state index contributed by atoms with van der Waals surface area (Å²) in [6.07, 6.45) is 4.34. The van der Waals surface area contributed by atoms with E-state index in [1.165, 1.54) is 10.1 Å². The van der Waals surface area contributed by atoms with Crippen LogP contribution in [-0.4, -0.2) is 59.8 Å². The van der Waals surface area contributed by atoms with Crippen molar-refractivity contribution < 1.29 is 9.53 Å². The molecule has 0 saturated carbocycles. The fourth-order valence-corrected chi connectivity index (χ4v) is 5.37. The standard InChI is InChI=1S/C31H35N5O3/c1-4-39-30(37)25-22(2)32-28-27(26(25)24-15-9-6-10-16-24)29(33-31(38)34(28)3)36-20-18-35(19-21-36)17-11-14-23-12-7-5-8-13-23/h5-16,26,32H,4,17-21H2,1-3H3/b14-11+/t26-/m1/s1. The van der Waals surface area contributed by atoms with Gasteiger partial charge in [-0.25, -0.2) is 9.59 Å². The van der Waals surface area contributed by atoms with Gasteiger partial charge in [0.05, 0.1) is 18.1 Å². The summed E-state index contributed by atoms with van der Waals surface area (Å²) in [7, 11) is 1.71. The molecule has 8 heteroatoms. The van der Waals surface area contributed by atoms with Crippen LogP contribution in [0.15, 0.2) is 82.8 Å². The highest BCUT2D eigenvalue weighted by Gasteiger charge is 2.38. The first-order valence-electron chi connectivity index (χ1n) is 13.5. The Balaban J connectivity index is 1.47. The zero-order valence-corrected chi connectivity index (χ0v) is 22.8. The zero-order valence-electron chi connectivity index (χ0n) is 22.8. The minimum absolute atomic E-state index is 0.281. The van der Waals surface area contributed by atoms with Crippen molar-refractivity contribution in [1.82, 2.24) is 14.5 Å². The number of nitrogens with zero attached hydrogens (tertiary/aromatic N) is 4. The Labute approximate surface area is 229 Å². The van der Waals surface area contributed by atoms with Crippen LogP contribution in [0.25, 0.3) is 6.08 Å². The highest BCUT2D eigenvalue weighted by atomic mass is 16.5. The molecule has 1 N–H and O–H groups in total. The van der Waals surface area contributed by atoms with Crippen molar-refractivity contribution >= 4 is 23.7 Å². The van der Waals surface area contributed by atoms with Gasteiger partial charge in [-0.3, -0.25) is 9.47 Å². The van der Waals surface area contributed by atoms with Crippen LogP contribution in [-0.2, 0) is 16.6 Å². The van der Waals surface area contributed by atoms with Gasteiger partial charge in [0.1, 0.15) is 11.6 Å². The number of piperazine rings is 1. The van der Waals surface area contributed by atoms with Gasteiger partial charge in [-0.15, -0.1) is 0 Å². The molecule has 3 heterocycles. The molecule has 2 aliphatic rings. The maximum atomic E-state index is 13.3. The summed E-state index contributed by atoms with van der Waals surface area (Å²) in [5.74, 6) is 0.514. The second-order valence-corrected chi connectivity index (χ2v) is 9.87. The van der Waals surface area contributed by atoms with E-state index in [2.05, 4.69) is 44.4 Å². The Hall–Kier alpha value is -4.17. The lowest BCUT2D eigenvalue weighted by Crippen LogP contribution is -2.48. The maximum Gasteiger partial charge on any atom is 0.350 e. The van der Waals surface area contributed by atoms with Gasteiger partial charge in [-0.2, -0.15) is 4.98 Å². The number of carbonyl (C=O) groups is 1. The summed E-state index contributed by atoms with van der Waals surface area (Å²) in [6, 6.07) is 20.2. The van der Waals surface area contributed by atoms with Crippen molar-refractivity contribution in [2.45, 2.75) is 19.8 Å². The van der Waals surface area contributed by atoms with Crippen LogP contribution in [0.2, 0.25) is 0 Å². The normalized spacial score (nSPS) is 17.7. The third kappa shape index (κ3) is 5.52. The lowest BCUT2D eigenvalue weighted by molar-refractivity contribution is -0.138. The van der Waals surface area contributed by atoms with Gasteiger partial charge in [-0.05, 0) is 25.0 Å². The Morgan fingerprint density at radius 1 is 1.05 bits per heavy atom. The predicted molar refractivity (Wildman–Crippen MR) is 155 cm³/mol. The van der Waals surface area contributed by atoms with Crippen LogP contribution < -0.4 is 15.9 Å². The number of nitrogens with one attached hydrogen (secondary N) is 1. The van der Waals surface area contributed by atoms with Crippen molar-refractivity contribution in [3.05, 3.63) is 105 Å². The van der Waals surface area contributed by atoms with E-state index < -0.39 is 5.92 Å². The molecule has 1 aromatic heterocycles. The number of allylic oxidation sites excluding steroid dienone is 1. The van der Waals surface area contributed by atoms with Crippen LogP contribution in [0.4, 0.5) is 11.6 Å². The highest BCUT2D eigenvalue weighted by molar-refractivity contribution is 5.95. The number of rotatable bonds is 7. The van der Waals surface area contributed by atoms with Crippen molar-refractivity contribution in [3.63, 3.8) is 0 Å². The van der Waals surface area contributed by atoms with Crippen molar-refractivity contribution in [3.8, 4) is 0 Å². The van der Waals surface area contributed by atoms with Gasteiger partial charge < -0.3 is 15.0 Å². The number of ether oxygens (including phenoxy) is 1. The number of carbonyl (C=O) groups excluding carboxylic acids is 1. The van der Waals surface area contributed by atoms with E-state index in [-0.39, 0.29) is 18.3 Å². The Kier molecular flexibility index (Phi) is 7.93. The molecule has 8 nitrogen and oxygen atoms in total. The van der Waals surface area contributed by atoms with Crippen molar-refractivity contribution in [2.75, 3.05) is 49.5 Å². The Morgan fingerprint density at radius 3 is 2.38 bits per heavy atom. The monoisotopic (exact) mass is 525 g/mol. The van der Waals surface area contributed by atoms with E-state index in [1.54, 1.807) is 14.0 Å². The minimum atomic E-state index is -0.414. The summed E-state index contributed by atoms with van der Waals surface area (Å²) in [6.45, 7) is 7.94. The lowest BCUT2D eigenvalue weighted by Gasteiger charge is -2.39. The van der Waals surface area contributed by atoms with Crippen LogP contribution in [0.1, 0.15) is 36.5 Å². The molecule has 3 aromatic rings. The van der Waals surface area contributed by atoms with E-state index in [9.17, 15) is 9.59 Å². The first-order valence-corrected chi connectivity index (χ1v) is 13.5. The maximum absolute atomic E-state index is 13.3. The van der Waals surface area contributed by atoms with Crippen LogP contribution in [0.3, 0.4) is 0 Å². The molecular formula is C31H35N5O3. The largest absolute Gasteiger partial charge is 0.463 e. The number of esters is 1. The zero-order chi connectivity index (χ0) is 27.4. The number of hydrogen-bond acceptors (Lipinski definition) is 7. The van der Waals surface area contributed by atoms with Gasteiger partial charge >= 0.3 is 11.7 Å². The lowest BCUT2D eigenvalue weighted by atomic mass is 9.81. The van der Waals surface area contributed by atoms with E-state index >= 15 is 0 Å². The van der Waals surface area contributed by atoms with Gasteiger partial charge in [0.2, 0.25) is 0 Å². The molecule has 1 fully saturated rings. The quantitative estimate of drug-likeness (QED) is 0.467. The Morgan fingerprint density at radius 2 is 1.72 bits per heavy atom. The molecule has 0 spiro atoms. The molecule has 0 amide bonds. The number of benzene rings is 2. The van der Waals surface area contributed by atoms with Crippen LogP contribution >= 0.6 is 0 Å². The third-order valence-electron chi connectivity index (χ3n) is 7.38. The summed E-state index contributed by atoms with van der Waals surface area (Å²) in [5, 5.41) is 3.35. The molecule has 1 saturated heterocycles. The van der Waals surface area contributed by atoms with Crippen molar-refractivity contribution in [1.29, 1.82) is 0 Å². The molecule has 0 bridgehead atoms. The fraction of sp³-hybridized carbons (Fsp3) is 0.323. The molecule has 0 aliphatic carbocycles. The molecule has 202 valence electrons. The molecule has 2 aliphatic heterocycles. The molecule has 0 radical (unpaired) electrons. The predicted octanol–water partition coefficient (Wildman–Crippen LogP) is 4.01. The second kappa shape index (κ2) is 11.7. The molecule has 39 heavy (non-hydrogen) atoms. The first-order chi connectivity index (χ1) is 19.0. The average molecular weight is 526 g/mol. The first kappa shape index (κ1) is 26.4. The summed E-state index contributed by atoms with van der Waals surface area (Å²) < 4.78 is 7.02. The van der Waals surface area contributed by atoms with Gasteiger partial charge in [0, 0.05) is 51.0 Å². The summed E-state index contributed by atoms with van der Waals surface area (Å²) in [5.41, 5.74) is 3.86. The smallest absolute Gasteiger partial charge is 0.350 e. The summed E-state index contributed by atoms with van der Waals surface area (Å²) >= 11 is 0. The minimum Gasteiger partial charge on any atom is -0.463 e. The highest BCUT2D eigenvalue weighted by Crippen LogP contribution is 2.45. The van der Waals surface area contributed by atoms with Crippen LogP contribution in [0, 0.1) is 0 Å². The van der Waals surface area contributed by atoms with Gasteiger partial charge in [0.25, 0.3) is 0 Å². The topological polar surface area (TPSA) is 79.7 Å². The number of aromatic nitrogens is 2. The number of fused-ring (bicyclic) bond motifs is 1. The molecular weight excluding hydrogens is 490 g/mol. The Bertz CT molecular complexity index is 1440. The SMILES string of the molecule is CCOC(=O)C1=C(C)Nc2c(c(N3CCN(C/C=C/c4ccccc4)CC3)nc(=O)n2C)[C@@H]1c1ccccc1. The van der Waals surface area contributed by atoms with Crippen molar-refractivity contribution in [2.24, 2.45) is 7.05 Å². The third-order valence-corrected chi connectivity index (χ3v) is 7.38. The molecule has 1 atom stereocenters. The van der Waals surface area contributed by atoms with Gasteiger partial charge in [0.15, 0.2) is 0 Å². The second-order valence-electron chi connectivity index (χ2n) is 9.87. The molecule has 0 unspecified atom stereocenters. The number of hydrogen-bond donors (Lipinski definition) is 1. The molecule has 5 rings (SSSR count). The van der Waals surface area contributed by atoms with E-state index in [0.717, 1.165) is 43.9 Å². The van der Waals surface area contributed by atoms with Gasteiger partial charge in [-0.1, -0.05) is 72.8 Å². The van der Waals surface area contributed by atoms with Crippen LogP contribution in [0.5, 0.6) is 0 Å². The molecule has 2 aromatic carbocycles. The average Bonchev–Trinajstić information content (AvgIpc) is 2.96.